The number of rotatable bonds is 7. The Labute approximate surface area is 172 Å². The Bertz CT molecular complexity index is 747. The fraction of sp³-hybridized carbons (Fsp3) is 0.706. The minimum absolute atomic E-state index is 0.583. The van der Waals surface area contributed by atoms with Crippen LogP contribution >= 0.6 is 7.37 Å². The maximum absolute atomic E-state index is 13.8. The summed E-state index contributed by atoms with van der Waals surface area (Å²) in [6.45, 7) is 4.65. The van der Waals surface area contributed by atoms with E-state index in [0.717, 1.165) is 41.7 Å². The van der Waals surface area contributed by atoms with Gasteiger partial charge >= 0.3 is 29.8 Å². The summed E-state index contributed by atoms with van der Waals surface area (Å²) in [6, 6.07) is 0. The van der Waals surface area contributed by atoms with Gasteiger partial charge in [-0.05, 0) is 0 Å². The summed E-state index contributed by atoms with van der Waals surface area (Å²) >= 11 is 0. The highest BCUT2D eigenvalue weighted by Crippen LogP contribution is 2.63. The zero-order valence-corrected chi connectivity index (χ0v) is 18.3. The fourth-order valence-corrected chi connectivity index (χ4v) is 5.81. The number of hydrogen-bond donors (Lipinski definition) is 0. The Kier molecular flexibility index (Phi) is 8.98. The number of ether oxygens (including phenoxy) is 5. The van der Waals surface area contributed by atoms with Gasteiger partial charge in [-0.25, -0.2) is 0 Å². The Morgan fingerprint density at radius 3 is 1.50 bits per heavy atom. The van der Waals surface area contributed by atoms with Crippen LogP contribution < -0.4 is 0 Å². The van der Waals surface area contributed by atoms with Crippen LogP contribution in [-0.2, 0) is 56.7 Å². The Balaban J connectivity index is 3.69. The van der Waals surface area contributed by atoms with Crippen molar-refractivity contribution in [3.8, 4) is 0 Å². The van der Waals surface area contributed by atoms with Gasteiger partial charge in [-0.3, -0.25) is 28.5 Å². The van der Waals surface area contributed by atoms with Crippen molar-refractivity contribution in [2.75, 3.05) is 13.7 Å². The maximum atomic E-state index is 13.8. The van der Waals surface area contributed by atoms with Gasteiger partial charge in [-0.2, -0.15) is 0 Å². The van der Waals surface area contributed by atoms with Crippen LogP contribution in [0.5, 0.6) is 0 Å². The van der Waals surface area contributed by atoms with Crippen molar-refractivity contribution in [1.29, 1.82) is 0 Å². The molecule has 0 amide bonds. The average Bonchev–Trinajstić information content (AvgIpc) is 2.59. The molecule has 1 saturated heterocycles. The molecular weight excluding hydrogens is 427 g/mol. The van der Waals surface area contributed by atoms with Crippen molar-refractivity contribution in [2.45, 2.75) is 64.4 Å². The van der Waals surface area contributed by atoms with Crippen LogP contribution in [0.2, 0.25) is 0 Å². The second-order valence-electron chi connectivity index (χ2n) is 6.42. The van der Waals surface area contributed by atoms with Crippen LogP contribution in [-0.4, -0.2) is 73.4 Å². The van der Waals surface area contributed by atoms with E-state index in [-0.39, 0.29) is 0 Å². The normalized spacial score (nSPS) is 30.5. The van der Waals surface area contributed by atoms with Crippen molar-refractivity contribution in [3.05, 3.63) is 0 Å². The van der Waals surface area contributed by atoms with Crippen molar-refractivity contribution in [3.63, 3.8) is 0 Å². The first kappa shape index (κ1) is 25.6. The van der Waals surface area contributed by atoms with Crippen LogP contribution in [0.25, 0.3) is 0 Å². The van der Waals surface area contributed by atoms with E-state index in [0.29, 0.717) is 0 Å². The molecule has 170 valence electrons. The molecule has 1 fully saturated rings. The lowest BCUT2D eigenvalue weighted by Gasteiger charge is -2.47. The molecule has 1 rings (SSSR count). The number of hydrogen-bond acceptors (Lipinski definition) is 12. The van der Waals surface area contributed by atoms with Crippen molar-refractivity contribution >= 4 is 37.2 Å². The molecule has 1 heterocycles. The van der Waals surface area contributed by atoms with Gasteiger partial charge in [0.1, 0.15) is 12.3 Å². The van der Waals surface area contributed by atoms with Gasteiger partial charge in [0, 0.05) is 41.7 Å². The topological polar surface area (TPSA) is 158 Å². The van der Waals surface area contributed by atoms with Gasteiger partial charge in [0.2, 0.25) is 5.85 Å². The standard InChI is InChI=1S/C17H25O12P/c1-8(18)25-7-13-14(26-9(2)19)15(27-10(3)20)16(28-11(4)21)17(29-12(5)22)30(13,23)24-6/h13-17H,7H2,1-6H3/t13-,14-,15+,16+,17+,30?/m1/s1. The molecule has 12 nitrogen and oxygen atoms in total. The van der Waals surface area contributed by atoms with E-state index in [2.05, 4.69) is 0 Å². The van der Waals surface area contributed by atoms with Crippen LogP contribution in [0.15, 0.2) is 0 Å². The third-order valence-electron chi connectivity index (χ3n) is 4.06. The largest absolute Gasteiger partial charge is 0.465 e. The quantitative estimate of drug-likeness (QED) is 0.300. The molecule has 30 heavy (non-hydrogen) atoms. The van der Waals surface area contributed by atoms with Gasteiger partial charge in [-0.15, -0.1) is 0 Å². The lowest BCUT2D eigenvalue weighted by atomic mass is 10.0. The summed E-state index contributed by atoms with van der Waals surface area (Å²) < 4.78 is 44.7. The second-order valence-corrected chi connectivity index (χ2v) is 9.25. The average molecular weight is 452 g/mol. The molecule has 0 aliphatic carbocycles. The van der Waals surface area contributed by atoms with Crippen molar-refractivity contribution < 1.29 is 56.7 Å². The molecule has 0 N–H and O–H groups in total. The number of esters is 5. The molecule has 0 spiro atoms. The fourth-order valence-electron chi connectivity index (χ4n) is 3.10. The first-order valence-electron chi connectivity index (χ1n) is 8.80. The maximum Gasteiger partial charge on any atom is 0.303 e. The molecule has 1 unspecified atom stereocenters. The van der Waals surface area contributed by atoms with Gasteiger partial charge < -0.3 is 28.2 Å². The molecule has 0 aromatic heterocycles. The van der Waals surface area contributed by atoms with E-state index in [1.165, 1.54) is 0 Å². The summed E-state index contributed by atoms with van der Waals surface area (Å²) in [4.78, 5) is 58.2. The minimum Gasteiger partial charge on any atom is -0.465 e. The molecule has 0 saturated carbocycles. The third kappa shape index (κ3) is 6.27. The van der Waals surface area contributed by atoms with Crippen LogP contribution in [0.4, 0.5) is 0 Å². The first-order valence-corrected chi connectivity index (χ1v) is 10.6. The molecule has 1 aliphatic heterocycles. The van der Waals surface area contributed by atoms with Gasteiger partial charge in [0.15, 0.2) is 18.3 Å². The zero-order chi connectivity index (χ0) is 23.2. The minimum atomic E-state index is -4.20. The molecule has 13 heteroatoms. The van der Waals surface area contributed by atoms with Crippen molar-refractivity contribution in [2.24, 2.45) is 0 Å². The Morgan fingerprint density at radius 1 is 0.667 bits per heavy atom. The summed E-state index contributed by atoms with van der Waals surface area (Å²) in [5.41, 5.74) is -1.39. The smallest absolute Gasteiger partial charge is 0.303 e. The summed E-state index contributed by atoms with van der Waals surface area (Å²) in [6.07, 6.45) is -4.66. The zero-order valence-electron chi connectivity index (χ0n) is 17.4. The van der Waals surface area contributed by atoms with Crippen molar-refractivity contribution in [1.82, 2.24) is 0 Å². The summed E-state index contributed by atoms with van der Waals surface area (Å²) in [5.74, 6) is -5.93. The number of carbonyl (C=O) groups is 5. The van der Waals surface area contributed by atoms with Gasteiger partial charge in [0.25, 0.3) is 7.37 Å². The van der Waals surface area contributed by atoms with E-state index in [1.807, 2.05) is 0 Å². The predicted molar refractivity (Wildman–Crippen MR) is 97.3 cm³/mol. The highest BCUT2D eigenvalue weighted by atomic mass is 31.2. The van der Waals surface area contributed by atoms with E-state index in [9.17, 15) is 28.5 Å². The molecule has 0 aromatic rings. The second kappa shape index (κ2) is 10.5. The van der Waals surface area contributed by atoms with E-state index in [4.69, 9.17) is 28.2 Å². The Morgan fingerprint density at radius 2 is 1.10 bits per heavy atom. The predicted octanol–water partition coefficient (Wildman–Crippen LogP) is 0.540. The highest BCUT2D eigenvalue weighted by Gasteiger charge is 2.64. The van der Waals surface area contributed by atoms with E-state index in [1.54, 1.807) is 0 Å². The van der Waals surface area contributed by atoms with E-state index < -0.39 is 73.6 Å². The monoisotopic (exact) mass is 452 g/mol. The number of carbonyl (C=O) groups excluding carboxylic acids is 5. The van der Waals surface area contributed by atoms with Crippen LogP contribution in [0.3, 0.4) is 0 Å². The molecule has 6 atom stereocenters. The molecular formula is C17H25O12P. The Hall–Kier alpha value is -2.46. The summed E-state index contributed by atoms with van der Waals surface area (Å²) in [5, 5.41) is 0. The lowest BCUT2D eigenvalue weighted by Crippen LogP contribution is -2.61. The molecule has 1 aliphatic rings. The molecule has 0 radical (unpaired) electrons. The lowest BCUT2D eigenvalue weighted by molar-refractivity contribution is -0.198. The van der Waals surface area contributed by atoms with Crippen LogP contribution in [0.1, 0.15) is 34.6 Å². The first-order chi connectivity index (χ1) is 13.8. The summed E-state index contributed by atoms with van der Waals surface area (Å²) in [7, 11) is -3.15. The molecule has 0 bridgehead atoms. The van der Waals surface area contributed by atoms with Crippen LogP contribution in [0, 0.1) is 0 Å². The van der Waals surface area contributed by atoms with E-state index >= 15 is 0 Å². The van der Waals surface area contributed by atoms with Gasteiger partial charge in [0.05, 0.1) is 0 Å². The highest BCUT2D eigenvalue weighted by molar-refractivity contribution is 7.60. The van der Waals surface area contributed by atoms with Gasteiger partial charge in [-0.1, -0.05) is 0 Å². The molecule has 0 aromatic carbocycles. The SMILES string of the molecule is COP1(=O)[C@H](COC(C)=O)[C@@H](OC(C)=O)[C@H](OC(C)=O)[C@H](OC(C)=O)[C@H]1OC(C)=O. The third-order valence-corrected chi connectivity index (χ3v) is 7.11.